The molecule has 1 aromatic carbocycles. The van der Waals surface area contributed by atoms with Crippen LogP contribution in [0.2, 0.25) is 0 Å². The Morgan fingerprint density at radius 2 is 2.26 bits per heavy atom. The summed E-state index contributed by atoms with van der Waals surface area (Å²) in [6.07, 6.45) is 3.25. The largest absolute Gasteiger partial charge is 0.465 e. The van der Waals surface area contributed by atoms with Crippen LogP contribution in [0.4, 0.5) is 0 Å². The molecule has 0 spiro atoms. The molecule has 0 fully saturated rings. The Labute approximate surface area is 110 Å². The molecule has 4 nitrogen and oxygen atoms in total. The number of allylic oxidation sites excluding steroid dienone is 1. The number of aromatic nitrogens is 2. The van der Waals surface area contributed by atoms with Crippen molar-refractivity contribution in [1.82, 2.24) is 9.97 Å². The topological polar surface area (TPSA) is 65.6 Å². The minimum Gasteiger partial charge on any atom is -0.465 e. The van der Waals surface area contributed by atoms with E-state index < -0.39 is 0 Å². The van der Waals surface area contributed by atoms with Crippen molar-refractivity contribution < 1.29 is 4.42 Å². The second-order valence-corrected chi connectivity index (χ2v) is 4.24. The number of para-hydroxylation sites is 1. The molecule has 3 rings (SSSR count). The second kappa shape index (κ2) is 4.46. The minimum atomic E-state index is 0.450. The summed E-state index contributed by atoms with van der Waals surface area (Å²) in [5.74, 6) is 1.19. The van der Waals surface area contributed by atoms with E-state index in [1.54, 1.807) is 24.5 Å². The molecule has 4 heteroatoms. The third kappa shape index (κ3) is 2.02. The van der Waals surface area contributed by atoms with Crippen LogP contribution in [-0.4, -0.2) is 9.97 Å². The van der Waals surface area contributed by atoms with Crippen LogP contribution >= 0.6 is 0 Å². The number of nitriles is 1. The van der Waals surface area contributed by atoms with E-state index in [0.717, 1.165) is 16.6 Å². The highest BCUT2D eigenvalue weighted by Crippen LogP contribution is 2.21. The van der Waals surface area contributed by atoms with Crippen molar-refractivity contribution in [3.63, 3.8) is 0 Å². The third-order valence-electron chi connectivity index (χ3n) is 2.92. The first-order valence-corrected chi connectivity index (χ1v) is 5.89. The van der Waals surface area contributed by atoms with Gasteiger partial charge in [0.15, 0.2) is 0 Å². The second-order valence-electron chi connectivity index (χ2n) is 4.24. The summed E-state index contributed by atoms with van der Waals surface area (Å²) < 4.78 is 5.22. The molecule has 0 aliphatic heterocycles. The van der Waals surface area contributed by atoms with E-state index in [9.17, 15) is 5.26 Å². The number of H-pyrrole nitrogens is 1. The molecule has 1 N–H and O–H groups in total. The first-order valence-electron chi connectivity index (χ1n) is 5.89. The third-order valence-corrected chi connectivity index (χ3v) is 2.92. The maximum atomic E-state index is 9.25. The standard InChI is InChI=1S/C15H11N3O/c1-10-4-2-6-13-14(10)18-15(17-13)11(9-16)8-12-5-3-7-19-12/h2-8H,1H3,(H,17,18)/b11-8+. The molecular weight excluding hydrogens is 238 g/mol. The fraction of sp³-hybridized carbons (Fsp3) is 0.0667. The Bertz CT molecular complexity index is 789. The highest BCUT2D eigenvalue weighted by atomic mass is 16.3. The molecule has 92 valence electrons. The molecule has 3 aromatic rings. The lowest BCUT2D eigenvalue weighted by Gasteiger charge is -1.91. The first kappa shape index (κ1) is 11.3. The number of aromatic amines is 1. The lowest BCUT2D eigenvalue weighted by atomic mass is 10.2. The number of aryl methyl sites for hydroxylation is 1. The predicted molar refractivity (Wildman–Crippen MR) is 73.0 cm³/mol. The molecular formula is C15H11N3O. The van der Waals surface area contributed by atoms with Gasteiger partial charge in [-0.25, -0.2) is 4.98 Å². The molecule has 0 atom stereocenters. The molecule has 0 amide bonds. The summed E-state index contributed by atoms with van der Waals surface area (Å²) in [6.45, 7) is 2.00. The van der Waals surface area contributed by atoms with E-state index in [1.807, 2.05) is 25.1 Å². The summed E-state index contributed by atoms with van der Waals surface area (Å²) in [6, 6.07) is 11.6. The van der Waals surface area contributed by atoms with E-state index in [4.69, 9.17) is 4.42 Å². The predicted octanol–water partition coefficient (Wildman–Crippen LogP) is 3.53. The van der Waals surface area contributed by atoms with Crippen LogP contribution < -0.4 is 0 Å². The Kier molecular flexibility index (Phi) is 2.66. The molecule has 0 radical (unpaired) electrons. The molecule has 19 heavy (non-hydrogen) atoms. The minimum absolute atomic E-state index is 0.450. The molecule has 2 heterocycles. The molecule has 0 saturated carbocycles. The number of fused-ring (bicyclic) bond motifs is 1. The van der Waals surface area contributed by atoms with E-state index in [-0.39, 0.29) is 0 Å². The van der Waals surface area contributed by atoms with Crippen LogP contribution in [0, 0.1) is 18.3 Å². The fourth-order valence-corrected chi connectivity index (χ4v) is 1.97. The normalized spacial score (nSPS) is 11.7. The maximum absolute atomic E-state index is 9.25. The van der Waals surface area contributed by atoms with Gasteiger partial charge in [-0.05, 0) is 30.7 Å². The highest BCUT2D eigenvalue weighted by molar-refractivity contribution is 5.90. The van der Waals surface area contributed by atoms with Crippen molar-refractivity contribution in [3.05, 3.63) is 53.7 Å². The monoisotopic (exact) mass is 249 g/mol. The Morgan fingerprint density at radius 3 is 2.95 bits per heavy atom. The van der Waals surface area contributed by atoms with Crippen molar-refractivity contribution in [2.75, 3.05) is 0 Å². The molecule has 0 bridgehead atoms. The summed E-state index contributed by atoms with van der Waals surface area (Å²) in [7, 11) is 0. The van der Waals surface area contributed by atoms with Gasteiger partial charge in [0.1, 0.15) is 17.7 Å². The van der Waals surface area contributed by atoms with Gasteiger partial charge in [0, 0.05) is 6.08 Å². The number of hydrogen-bond donors (Lipinski definition) is 1. The number of rotatable bonds is 2. The summed E-state index contributed by atoms with van der Waals surface area (Å²) in [5, 5.41) is 9.25. The van der Waals surface area contributed by atoms with E-state index in [2.05, 4.69) is 16.0 Å². The zero-order valence-corrected chi connectivity index (χ0v) is 10.3. The van der Waals surface area contributed by atoms with Gasteiger partial charge < -0.3 is 9.40 Å². The lowest BCUT2D eigenvalue weighted by Crippen LogP contribution is -1.84. The molecule has 0 aliphatic rings. The van der Waals surface area contributed by atoms with Crippen molar-refractivity contribution >= 4 is 22.7 Å². The van der Waals surface area contributed by atoms with Gasteiger partial charge in [-0.3, -0.25) is 0 Å². The van der Waals surface area contributed by atoms with Crippen LogP contribution in [0.5, 0.6) is 0 Å². The maximum Gasteiger partial charge on any atom is 0.149 e. The Balaban J connectivity index is 2.13. The van der Waals surface area contributed by atoms with Crippen LogP contribution in [-0.2, 0) is 0 Å². The smallest absolute Gasteiger partial charge is 0.149 e. The number of benzene rings is 1. The zero-order valence-electron chi connectivity index (χ0n) is 10.3. The van der Waals surface area contributed by atoms with Gasteiger partial charge in [-0.2, -0.15) is 5.26 Å². The Hall–Kier alpha value is -2.80. The van der Waals surface area contributed by atoms with Gasteiger partial charge in [-0.15, -0.1) is 0 Å². The number of hydrogen-bond acceptors (Lipinski definition) is 3. The zero-order chi connectivity index (χ0) is 13.2. The summed E-state index contributed by atoms with van der Waals surface area (Å²) >= 11 is 0. The van der Waals surface area contributed by atoms with Gasteiger partial charge >= 0.3 is 0 Å². The highest BCUT2D eigenvalue weighted by Gasteiger charge is 2.09. The van der Waals surface area contributed by atoms with Gasteiger partial charge in [-0.1, -0.05) is 12.1 Å². The molecule has 0 saturated heterocycles. The number of nitrogens with zero attached hydrogens (tertiary/aromatic N) is 2. The van der Waals surface area contributed by atoms with E-state index >= 15 is 0 Å². The van der Waals surface area contributed by atoms with Crippen molar-refractivity contribution in [2.45, 2.75) is 6.92 Å². The quantitative estimate of drug-likeness (QED) is 0.706. The number of furan rings is 1. The van der Waals surface area contributed by atoms with Crippen molar-refractivity contribution in [2.24, 2.45) is 0 Å². The number of imidazole rings is 1. The van der Waals surface area contributed by atoms with Crippen LogP contribution in [0.1, 0.15) is 17.1 Å². The van der Waals surface area contributed by atoms with Crippen LogP contribution in [0.3, 0.4) is 0 Å². The van der Waals surface area contributed by atoms with Gasteiger partial charge in [0.25, 0.3) is 0 Å². The molecule has 0 aliphatic carbocycles. The average molecular weight is 249 g/mol. The Morgan fingerprint density at radius 1 is 1.37 bits per heavy atom. The van der Waals surface area contributed by atoms with Crippen LogP contribution in [0.25, 0.3) is 22.7 Å². The van der Waals surface area contributed by atoms with Crippen molar-refractivity contribution in [3.8, 4) is 6.07 Å². The fourth-order valence-electron chi connectivity index (χ4n) is 1.97. The summed E-state index contributed by atoms with van der Waals surface area (Å²) in [4.78, 5) is 7.63. The van der Waals surface area contributed by atoms with E-state index in [1.165, 1.54) is 0 Å². The van der Waals surface area contributed by atoms with Crippen molar-refractivity contribution in [1.29, 1.82) is 5.26 Å². The van der Waals surface area contributed by atoms with E-state index in [0.29, 0.717) is 17.2 Å². The first-order chi connectivity index (χ1) is 9.28. The molecule has 2 aromatic heterocycles. The molecule has 0 unspecified atom stereocenters. The van der Waals surface area contributed by atoms with Gasteiger partial charge in [0.2, 0.25) is 0 Å². The summed E-state index contributed by atoms with van der Waals surface area (Å²) in [5.41, 5.74) is 3.34. The number of nitrogens with one attached hydrogen (secondary N) is 1. The SMILES string of the molecule is Cc1cccc2[nH]c(/C(C#N)=C/c3ccco3)nc12. The van der Waals surface area contributed by atoms with Crippen LogP contribution in [0.15, 0.2) is 41.0 Å². The average Bonchev–Trinajstić information content (AvgIpc) is 3.05. The van der Waals surface area contributed by atoms with Gasteiger partial charge in [0.05, 0.1) is 22.9 Å². The lowest BCUT2D eigenvalue weighted by molar-refractivity contribution is 0.557.